The van der Waals surface area contributed by atoms with Crippen molar-refractivity contribution < 1.29 is 27.8 Å². The predicted molar refractivity (Wildman–Crippen MR) is 124 cm³/mol. The molecule has 2 N–H and O–H groups in total. The van der Waals surface area contributed by atoms with E-state index in [4.69, 9.17) is 4.74 Å². The number of nitrogens with one attached hydrogen (secondary N) is 1. The number of halogens is 3. The third-order valence-corrected chi connectivity index (χ3v) is 6.58. The molecule has 0 fully saturated rings. The van der Waals surface area contributed by atoms with Crippen molar-refractivity contribution in [3.05, 3.63) is 89.6 Å². The lowest BCUT2D eigenvalue weighted by Crippen LogP contribution is -2.37. The SMILES string of the molecule is CC(C)(Oc1ccc(SC(c2cccc(C(F)(F)F)c2)c2cccc3cn[nH]c23)cc1)C(=O)O. The number of hydrogen-bond acceptors (Lipinski definition) is 4. The van der Waals surface area contributed by atoms with Gasteiger partial charge >= 0.3 is 12.1 Å². The second-order valence-corrected chi connectivity index (χ2v) is 9.37. The molecular formula is C25H21F3N2O3S. The number of aliphatic carboxylic acids is 1. The van der Waals surface area contributed by atoms with Crippen molar-refractivity contribution in [2.45, 2.75) is 35.8 Å². The molecule has 4 rings (SSSR count). The summed E-state index contributed by atoms with van der Waals surface area (Å²) in [5.74, 6) is -0.716. The molecule has 0 aliphatic heterocycles. The Labute approximate surface area is 198 Å². The van der Waals surface area contributed by atoms with Gasteiger partial charge in [0, 0.05) is 10.3 Å². The van der Waals surface area contributed by atoms with Gasteiger partial charge in [-0.15, -0.1) is 11.8 Å². The lowest BCUT2D eigenvalue weighted by atomic mass is 10.0. The van der Waals surface area contributed by atoms with Crippen LogP contribution in [0, 0.1) is 0 Å². The van der Waals surface area contributed by atoms with Gasteiger partial charge in [-0.25, -0.2) is 4.79 Å². The molecule has 1 atom stereocenters. The average Bonchev–Trinajstić information content (AvgIpc) is 3.27. The fraction of sp³-hybridized carbons (Fsp3) is 0.200. The van der Waals surface area contributed by atoms with Crippen LogP contribution in [0.2, 0.25) is 0 Å². The van der Waals surface area contributed by atoms with Gasteiger partial charge in [-0.3, -0.25) is 5.10 Å². The van der Waals surface area contributed by atoms with E-state index in [9.17, 15) is 23.1 Å². The number of aromatic amines is 1. The fourth-order valence-electron chi connectivity index (χ4n) is 3.46. The van der Waals surface area contributed by atoms with Gasteiger partial charge in [-0.1, -0.05) is 36.4 Å². The van der Waals surface area contributed by atoms with Gasteiger partial charge in [0.1, 0.15) is 5.75 Å². The molecule has 34 heavy (non-hydrogen) atoms. The van der Waals surface area contributed by atoms with Crippen molar-refractivity contribution in [1.29, 1.82) is 0 Å². The van der Waals surface area contributed by atoms with Crippen molar-refractivity contribution in [3.8, 4) is 5.75 Å². The normalized spacial score (nSPS) is 13.1. The monoisotopic (exact) mass is 486 g/mol. The maximum absolute atomic E-state index is 13.4. The standard InChI is InChI=1S/C25H21F3N2O3S/c1-24(2,23(31)32)33-18-9-11-19(12-10-18)34-22(15-5-3-7-17(13-15)25(26,27)28)20-8-4-6-16-14-29-30-21(16)20/h3-14,22H,1-2H3,(H,29,30)(H,31,32). The van der Waals surface area contributed by atoms with Crippen LogP contribution in [0.4, 0.5) is 13.2 Å². The third-order valence-electron chi connectivity index (χ3n) is 5.27. The molecule has 1 unspecified atom stereocenters. The Bertz CT molecular complexity index is 1320. The summed E-state index contributed by atoms with van der Waals surface area (Å²) in [5, 5.41) is 16.7. The van der Waals surface area contributed by atoms with E-state index >= 15 is 0 Å². The number of para-hydroxylation sites is 1. The summed E-state index contributed by atoms with van der Waals surface area (Å²) in [7, 11) is 0. The highest BCUT2D eigenvalue weighted by Crippen LogP contribution is 2.44. The molecule has 176 valence electrons. The molecular weight excluding hydrogens is 465 g/mol. The Morgan fingerprint density at radius 2 is 1.76 bits per heavy atom. The zero-order chi connectivity index (χ0) is 24.5. The van der Waals surface area contributed by atoms with Crippen LogP contribution < -0.4 is 4.74 Å². The van der Waals surface area contributed by atoms with E-state index in [0.717, 1.165) is 27.4 Å². The van der Waals surface area contributed by atoms with Crippen LogP contribution in [0.3, 0.4) is 0 Å². The fourth-order valence-corrected chi connectivity index (χ4v) is 4.63. The van der Waals surface area contributed by atoms with Crippen molar-refractivity contribution in [2.24, 2.45) is 0 Å². The van der Waals surface area contributed by atoms with Gasteiger partial charge in [0.25, 0.3) is 0 Å². The summed E-state index contributed by atoms with van der Waals surface area (Å²) < 4.78 is 45.8. The van der Waals surface area contributed by atoms with Crippen LogP contribution in [0.25, 0.3) is 10.9 Å². The number of fused-ring (bicyclic) bond motifs is 1. The molecule has 0 bridgehead atoms. The lowest BCUT2D eigenvalue weighted by Gasteiger charge is -2.22. The minimum Gasteiger partial charge on any atom is -0.478 e. The Balaban J connectivity index is 1.72. The summed E-state index contributed by atoms with van der Waals surface area (Å²) >= 11 is 1.38. The first-order chi connectivity index (χ1) is 16.0. The van der Waals surface area contributed by atoms with Crippen LogP contribution in [-0.2, 0) is 11.0 Å². The molecule has 0 saturated carbocycles. The lowest BCUT2D eigenvalue weighted by molar-refractivity contribution is -0.152. The smallest absolute Gasteiger partial charge is 0.416 e. The summed E-state index contributed by atoms with van der Waals surface area (Å²) in [5.41, 5.74) is -0.0700. The average molecular weight is 487 g/mol. The number of rotatable bonds is 7. The Morgan fingerprint density at radius 1 is 1.06 bits per heavy atom. The number of ether oxygens (including phenoxy) is 1. The van der Waals surface area contributed by atoms with E-state index in [1.165, 1.54) is 37.7 Å². The third kappa shape index (κ3) is 5.04. The van der Waals surface area contributed by atoms with Crippen LogP contribution in [0.5, 0.6) is 5.75 Å². The molecule has 0 spiro atoms. The number of H-pyrrole nitrogens is 1. The second-order valence-electron chi connectivity index (χ2n) is 8.19. The Morgan fingerprint density at radius 3 is 2.44 bits per heavy atom. The number of benzene rings is 3. The van der Waals surface area contributed by atoms with Crippen LogP contribution >= 0.6 is 11.8 Å². The quantitative estimate of drug-likeness (QED) is 0.284. The molecule has 1 heterocycles. The van der Waals surface area contributed by atoms with Gasteiger partial charge in [-0.2, -0.15) is 18.3 Å². The highest BCUT2D eigenvalue weighted by Gasteiger charge is 2.32. The summed E-state index contributed by atoms with van der Waals surface area (Å²) in [6.45, 7) is 2.90. The molecule has 5 nitrogen and oxygen atoms in total. The van der Waals surface area contributed by atoms with Crippen LogP contribution in [0.15, 0.2) is 77.8 Å². The zero-order valence-corrected chi connectivity index (χ0v) is 19.1. The Hall–Kier alpha value is -3.46. The molecule has 0 amide bonds. The van der Waals surface area contributed by atoms with E-state index in [-0.39, 0.29) is 0 Å². The van der Waals surface area contributed by atoms with E-state index in [0.29, 0.717) is 11.3 Å². The molecule has 0 aliphatic carbocycles. The first-order valence-corrected chi connectivity index (χ1v) is 11.2. The molecule has 3 aromatic carbocycles. The number of aromatic nitrogens is 2. The highest BCUT2D eigenvalue weighted by atomic mass is 32.2. The van der Waals surface area contributed by atoms with Gasteiger partial charge in [0.15, 0.2) is 5.60 Å². The molecule has 0 radical (unpaired) electrons. The molecule has 4 aromatic rings. The number of carbonyl (C=O) groups is 1. The first kappa shape index (κ1) is 23.7. The predicted octanol–water partition coefficient (Wildman–Crippen LogP) is 6.71. The second kappa shape index (κ2) is 9.06. The molecule has 9 heteroatoms. The number of nitrogens with zero attached hydrogens (tertiary/aromatic N) is 1. The van der Waals surface area contributed by atoms with Gasteiger partial charge < -0.3 is 9.84 Å². The van der Waals surface area contributed by atoms with Gasteiger partial charge in [0.2, 0.25) is 0 Å². The van der Waals surface area contributed by atoms with E-state index in [1.54, 1.807) is 36.5 Å². The van der Waals surface area contributed by atoms with Crippen LogP contribution in [-0.4, -0.2) is 26.9 Å². The van der Waals surface area contributed by atoms with Crippen molar-refractivity contribution in [1.82, 2.24) is 10.2 Å². The van der Waals surface area contributed by atoms with Crippen molar-refractivity contribution >= 4 is 28.6 Å². The van der Waals surface area contributed by atoms with Gasteiger partial charge in [0.05, 0.1) is 22.5 Å². The maximum Gasteiger partial charge on any atom is 0.416 e. The van der Waals surface area contributed by atoms with Crippen molar-refractivity contribution in [3.63, 3.8) is 0 Å². The molecule has 0 aliphatic rings. The number of hydrogen-bond donors (Lipinski definition) is 2. The van der Waals surface area contributed by atoms with Crippen LogP contribution in [0.1, 0.15) is 35.8 Å². The minimum absolute atomic E-state index is 0.378. The topological polar surface area (TPSA) is 75.2 Å². The number of carboxylic acid groups (broad SMARTS) is 1. The molecule has 0 saturated heterocycles. The number of thioether (sulfide) groups is 1. The zero-order valence-electron chi connectivity index (χ0n) is 18.3. The highest BCUT2D eigenvalue weighted by molar-refractivity contribution is 7.99. The summed E-state index contributed by atoms with van der Waals surface area (Å²) in [4.78, 5) is 12.1. The maximum atomic E-state index is 13.4. The van der Waals surface area contributed by atoms with Crippen molar-refractivity contribution in [2.75, 3.05) is 0 Å². The Kier molecular flexibility index (Phi) is 6.31. The first-order valence-electron chi connectivity index (χ1n) is 10.3. The largest absolute Gasteiger partial charge is 0.478 e. The minimum atomic E-state index is -4.46. The summed E-state index contributed by atoms with van der Waals surface area (Å²) in [6.07, 6.45) is -2.79. The van der Waals surface area contributed by atoms with Gasteiger partial charge in [-0.05, 0) is 55.3 Å². The number of carboxylic acids is 1. The number of alkyl halides is 3. The van der Waals surface area contributed by atoms with E-state index < -0.39 is 28.6 Å². The van der Waals surface area contributed by atoms with E-state index in [1.807, 2.05) is 18.2 Å². The molecule has 1 aromatic heterocycles. The van der Waals surface area contributed by atoms with E-state index in [2.05, 4.69) is 10.2 Å². The summed E-state index contributed by atoms with van der Waals surface area (Å²) in [6, 6.07) is 17.7.